The van der Waals surface area contributed by atoms with E-state index in [1.165, 1.54) is 24.4 Å². The second-order valence-corrected chi connectivity index (χ2v) is 5.00. The van der Waals surface area contributed by atoms with Crippen LogP contribution in [0.1, 0.15) is 11.1 Å². The first-order valence-electron chi connectivity index (χ1n) is 7.39. The van der Waals surface area contributed by atoms with Crippen LogP contribution >= 0.6 is 0 Å². The summed E-state index contributed by atoms with van der Waals surface area (Å²) in [6.07, 6.45) is 4.20. The van der Waals surface area contributed by atoms with Crippen molar-refractivity contribution in [2.24, 2.45) is 5.10 Å². The van der Waals surface area contributed by atoms with Gasteiger partial charge in [-0.25, -0.2) is 5.43 Å². The fourth-order valence-electron chi connectivity index (χ4n) is 1.82. The highest BCUT2D eigenvalue weighted by atomic mass is 16.3. The van der Waals surface area contributed by atoms with Gasteiger partial charge in [0.05, 0.1) is 12.8 Å². The van der Waals surface area contributed by atoms with Crippen molar-refractivity contribution in [3.05, 3.63) is 65.7 Å². The summed E-state index contributed by atoms with van der Waals surface area (Å²) in [5, 5.41) is 24.8. The van der Waals surface area contributed by atoms with E-state index in [1.54, 1.807) is 6.08 Å². The van der Waals surface area contributed by atoms with Crippen molar-refractivity contribution in [1.29, 1.82) is 0 Å². The van der Waals surface area contributed by atoms with Crippen molar-refractivity contribution in [3.63, 3.8) is 0 Å². The van der Waals surface area contributed by atoms with Gasteiger partial charge < -0.3 is 15.5 Å². The molecule has 0 spiro atoms. The Bertz CT molecular complexity index is 801. The summed E-state index contributed by atoms with van der Waals surface area (Å²) in [4.78, 5) is 23.2. The lowest BCUT2D eigenvalue weighted by Crippen LogP contribution is -2.34. The highest BCUT2D eigenvalue weighted by Gasteiger charge is 2.02. The first-order valence-corrected chi connectivity index (χ1v) is 7.39. The van der Waals surface area contributed by atoms with E-state index in [-0.39, 0.29) is 18.0 Å². The second-order valence-electron chi connectivity index (χ2n) is 5.00. The van der Waals surface area contributed by atoms with Gasteiger partial charge in [0.2, 0.25) is 5.91 Å². The van der Waals surface area contributed by atoms with E-state index >= 15 is 0 Å². The molecule has 0 saturated heterocycles. The molecule has 0 aliphatic carbocycles. The van der Waals surface area contributed by atoms with Crippen LogP contribution in [0.5, 0.6) is 11.5 Å². The molecule has 7 nitrogen and oxygen atoms in total. The minimum atomic E-state index is -0.518. The van der Waals surface area contributed by atoms with Crippen molar-refractivity contribution in [3.8, 4) is 11.5 Å². The Morgan fingerprint density at radius 2 is 1.84 bits per heavy atom. The van der Waals surface area contributed by atoms with Gasteiger partial charge in [0.1, 0.15) is 11.5 Å². The van der Waals surface area contributed by atoms with Gasteiger partial charge in [-0.3, -0.25) is 9.59 Å². The largest absolute Gasteiger partial charge is 0.508 e. The summed E-state index contributed by atoms with van der Waals surface area (Å²) in [7, 11) is 0. The number of hydrogen-bond donors (Lipinski definition) is 4. The van der Waals surface area contributed by atoms with E-state index in [1.807, 2.05) is 30.3 Å². The van der Waals surface area contributed by atoms with Gasteiger partial charge in [0.15, 0.2) is 0 Å². The number of phenols is 2. The molecule has 2 aromatic rings. The summed E-state index contributed by atoms with van der Waals surface area (Å²) in [6.45, 7) is -0.239. The fourth-order valence-corrected chi connectivity index (χ4v) is 1.82. The summed E-state index contributed by atoms with van der Waals surface area (Å²) in [5.41, 5.74) is 3.42. The Hall–Kier alpha value is -3.61. The minimum Gasteiger partial charge on any atom is -0.508 e. The maximum absolute atomic E-state index is 11.6. The first kappa shape index (κ1) is 17.7. The zero-order valence-corrected chi connectivity index (χ0v) is 13.2. The summed E-state index contributed by atoms with van der Waals surface area (Å²) in [5.74, 6) is -1.17. The van der Waals surface area contributed by atoms with Gasteiger partial charge in [0.25, 0.3) is 5.91 Å². The predicted octanol–water partition coefficient (Wildman–Crippen LogP) is 1.38. The minimum absolute atomic E-state index is 0.0787. The SMILES string of the molecule is O=C(/C=C\c1ccccc1)NCC(=O)N/N=C\c1ccc(O)cc1O. The van der Waals surface area contributed by atoms with Crippen LogP contribution in [0.4, 0.5) is 0 Å². The maximum Gasteiger partial charge on any atom is 0.259 e. The van der Waals surface area contributed by atoms with Crippen LogP contribution in [-0.4, -0.2) is 34.8 Å². The Morgan fingerprint density at radius 3 is 2.56 bits per heavy atom. The van der Waals surface area contributed by atoms with Gasteiger partial charge in [-0.05, 0) is 23.8 Å². The number of nitrogens with one attached hydrogen (secondary N) is 2. The molecule has 0 radical (unpaired) electrons. The molecular weight excluding hydrogens is 322 g/mol. The van der Waals surface area contributed by atoms with Crippen molar-refractivity contribution < 1.29 is 19.8 Å². The summed E-state index contributed by atoms with van der Waals surface area (Å²) < 4.78 is 0. The highest BCUT2D eigenvalue weighted by Crippen LogP contribution is 2.20. The molecule has 0 saturated carbocycles. The lowest BCUT2D eigenvalue weighted by Gasteiger charge is -2.02. The normalized spacial score (nSPS) is 10.9. The summed E-state index contributed by atoms with van der Waals surface area (Å²) >= 11 is 0. The van der Waals surface area contributed by atoms with Crippen LogP contribution in [0, 0.1) is 0 Å². The molecule has 0 atom stereocenters. The third kappa shape index (κ3) is 6.19. The number of hydrazone groups is 1. The van der Waals surface area contributed by atoms with Gasteiger partial charge in [0, 0.05) is 17.7 Å². The smallest absolute Gasteiger partial charge is 0.259 e. The Labute approximate surface area is 144 Å². The molecule has 0 aliphatic rings. The number of amides is 2. The molecule has 128 valence electrons. The standard InChI is InChI=1S/C18H17N3O4/c22-15-8-7-14(16(23)10-15)11-20-21-18(25)12-19-17(24)9-6-13-4-2-1-3-5-13/h1-11,22-23H,12H2,(H,19,24)(H,21,25)/b9-6-,20-11-. The molecule has 0 bridgehead atoms. The molecule has 0 fully saturated rings. The van der Waals surface area contributed by atoms with Crippen molar-refractivity contribution in [1.82, 2.24) is 10.7 Å². The van der Waals surface area contributed by atoms with E-state index in [4.69, 9.17) is 5.11 Å². The Morgan fingerprint density at radius 1 is 1.08 bits per heavy atom. The fraction of sp³-hybridized carbons (Fsp3) is 0.0556. The maximum atomic E-state index is 11.6. The third-order valence-corrected chi connectivity index (χ3v) is 3.06. The van der Waals surface area contributed by atoms with E-state index in [9.17, 15) is 14.7 Å². The molecular formula is C18H17N3O4. The molecule has 2 aromatic carbocycles. The zero-order valence-electron chi connectivity index (χ0n) is 13.2. The van der Waals surface area contributed by atoms with Gasteiger partial charge in [-0.2, -0.15) is 5.10 Å². The monoisotopic (exact) mass is 339 g/mol. The lowest BCUT2D eigenvalue weighted by atomic mass is 10.2. The van der Waals surface area contributed by atoms with Crippen LogP contribution in [0.25, 0.3) is 6.08 Å². The lowest BCUT2D eigenvalue weighted by molar-refractivity contribution is -0.123. The molecule has 25 heavy (non-hydrogen) atoms. The van der Waals surface area contributed by atoms with Crippen LogP contribution in [0.3, 0.4) is 0 Å². The van der Waals surface area contributed by atoms with Crippen LogP contribution in [0.2, 0.25) is 0 Å². The van der Waals surface area contributed by atoms with Crippen molar-refractivity contribution in [2.75, 3.05) is 6.54 Å². The van der Waals surface area contributed by atoms with E-state index < -0.39 is 11.8 Å². The summed E-state index contributed by atoms with van der Waals surface area (Å²) in [6, 6.07) is 13.3. The highest BCUT2D eigenvalue weighted by molar-refractivity contribution is 5.94. The van der Waals surface area contributed by atoms with Gasteiger partial charge in [-0.1, -0.05) is 30.3 Å². The topological polar surface area (TPSA) is 111 Å². The van der Waals surface area contributed by atoms with Crippen LogP contribution in [-0.2, 0) is 9.59 Å². The molecule has 2 amide bonds. The molecule has 2 rings (SSSR count). The molecule has 0 unspecified atom stereocenters. The number of hydrogen-bond acceptors (Lipinski definition) is 5. The molecule has 0 aliphatic heterocycles. The second kappa shape index (κ2) is 8.88. The molecule has 0 heterocycles. The zero-order chi connectivity index (χ0) is 18.1. The van der Waals surface area contributed by atoms with Crippen molar-refractivity contribution in [2.45, 2.75) is 0 Å². The number of carbonyl (C=O) groups excluding carboxylic acids is 2. The first-order chi connectivity index (χ1) is 12.0. The molecule has 4 N–H and O–H groups in total. The number of rotatable bonds is 6. The molecule has 0 aromatic heterocycles. The van der Waals surface area contributed by atoms with Gasteiger partial charge in [-0.15, -0.1) is 0 Å². The number of aromatic hydroxyl groups is 2. The average Bonchev–Trinajstić information content (AvgIpc) is 2.61. The third-order valence-electron chi connectivity index (χ3n) is 3.06. The number of benzene rings is 2. The number of carbonyl (C=O) groups is 2. The Balaban J connectivity index is 1.75. The van der Waals surface area contributed by atoms with Crippen LogP contribution < -0.4 is 10.7 Å². The predicted molar refractivity (Wildman–Crippen MR) is 94.0 cm³/mol. The van der Waals surface area contributed by atoms with Gasteiger partial charge >= 0.3 is 0 Å². The molecule has 7 heteroatoms. The van der Waals surface area contributed by atoms with E-state index in [2.05, 4.69) is 15.8 Å². The van der Waals surface area contributed by atoms with Crippen LogP contribution in [0.15, 0.2) is 59.7 Å². The quantitative estimate of drug-likeness (QED) is 0.362. The number of phenolic OH excluding ortho intramolecular Hbond substituents is 2. The Kier molecular flexibility index (Phi) is 6.30. The van der Waals surface area contributed by atoms with E-state index in [0.29, 0.717) is 5.56 Å². The van der Waals surface area contributed by atoms with E-state index in [0.717, 1.165) is 11.6 Å². The van der Waals surface area contributed by atoms with Crippen molar-refractivity contribution >= 4 is 24.1 Å². The average molecular weight is 339 g/mol. The number of nitrogens with zero attached hydrogens (tertiary/aromatic N) is 1.